The summed E-state index contributed by atoms with van der Waals surface area (Å²) in [6.45, 7) is 0. The van der Waals surface area contributed by atoms with Gasteiger partial charge in [0, 0.05) is 32.2 Å². The second-order valence-electron chi connectivity index (χ2n) is 7.17. The van der Waals surface area contributed by atoms with Crippen LogP contribution in [0.5, 0.6) is 0 Å². The third kappa shape index (κ3) is 12.5. The number of para-hydroxylation sites is 1. The molecule has 0 saturated carbocycles. The number of hydrogen-bond donors (Lipinski definition) is 0. The van der Waals surface area contributed by atoms with Crippen LogP contribution in [0.3, 0.4) is 0 Å². The van der Waals surface area contributed by atoms with Crippen molar-refractivity contribution in [2.75, 3.05) is 47.2 Å². The first-order valence-corrected chi connectivity index (χ1v) is 11.2. The molecule has 33 heavy (non-hydrogen) atoms. The molecule has 0 fully saturated rings. The molecule has 1 aromatic carbocycles. The van der Waals surface area contributed by atoms with Crippen LogP contribution in [0, 0.1) is 0 Å². The van der Waals surface area contributed by atoms with E-state index in [-0.39, 0.29) is 0 Å². The van der Waals surface area contributed by atoms with Crippen molar-refractivity contribution < 1.29 is 34.6 Å². The Morgan fingerprint density at radius 2 is 1.42 bits per heavy atom. The number of fused-ring (bicyclic) bond motifs is 1. The Labute approximate surface area is 186 Å². The molecule has 15 heteroatoms. The van der Waals surface area contributed by atoms with Gasteiger partial charge in [-0.2, -0.15) is 0 Å². The average Bonchev–Trinajstić information content (AvgIpc) is 3.07. The standard InChI is InChI=1S/C11H16N5O.C7H10N2.F6P/c1-14(2)11(15(3)4)17-16-10-8-6-5-7-9(10)12-13-16;1-9(2)7-3-5-8-6-4-7;1-7(2,3,4,5)6/h5-8H,1-4H3;3-6H,1-2H3;/q+1;;-1. The van der Waals surface area contributed by atoms with Crippen LogP contribution in [0.2, 0.25) is 0 Å². The fourth-order valence-electron chi connectivity index (χ4n) is 2.20. The molecule has 0 radical (unpaired) electrons. The fraction of sp³-hybridized carbons (Fsp3) is 0.333. The van der Waals surface area contributed by atoms with Crippen molar-refractivity contribution in [1.82, 2.24) is 25.0 Å². The first kappa shape index (κ1) is 27.9. The quantitative estimate of drug-likeness (QED) is 0.169. The molecule has 0 aliphatic rings. The van der Waals surface area contributed by atoms with Gasteiger partial charge in [-0.25, -0.2) is 9.48 Å². The van der Waals surface area contributed by atoms with E-state index in [2.05, 4.69) is 15.3 Å². The Morgan fingerprint density at radius 1 is 0.909 bits per heavy atom. The van der Waals surface area contributed by atoms with Gasteiger partial charge in [-0.1, -0.05) is 17.0 Å². The van der Waals surface area contributed by atoms with Crippen molar-refractivity contribution in [3.8, 4) is 0 Å². The van der Waals surface area contributed by atoms with Crippen molar-refractivity contribution in [2.45, 2.75) is 0 Å². The van der Waals surface area contributed by atoms with Crippen LogP contribution in [0.15, 0.2) is 48.8 Å². The van der Waals surface area contributed by atoms with Crippen molar-refractivity contribution in [3.63, 3.8) is 0 Å². The summed E-state index contributed by atoms with van der Waals surface area (Å²) in [5, 5.41) is 8.00. The van der Waals surface area contributed by atoms with Crippen molar-refractivity contribution in [2.24, 2.45) is 0 Å². The van der Waals surface area contributed by atoms with Crippen LogP contribution in [0.25, 0.3) is 11.0 Å². The van der Waals surface area contributed by atoms with E-state index >= 15 is 0 Å². The zero-order chi connectivity index (χ0) is 25.5. The van der Waals surface area contributed by atoms with Gasteiger partial charge < -0.3 is 4.90 Å². The number of halogens is 6. The molecule has 0 spiro atoms. The first-order valence-electron chi connectivity index (χ1n) is 9.19. The van der Waals surface area contributed by atoms with Crippen LogP contribution in [0.4, 0.5) is 30.9 Å². The third-order valence-electron chi connectivity index (χ3n) is 3.43. The van der Waals surface area contributed by atoms with Gasteiger partial charge in [0.05, 0.1) is 28.2 Å². The molecule has 3 rings (SSSR count). The maximum atomic E-state index is 9.87. The molecule has 186 valence electrons. The zero-order valence-corrected chi connectivity index (χ0v) is 19.8. The number of hydrogen-bond acceptors (Lipinski definition) is 5. The molecule has 0 saturated heterocycles. The number of anilines is 1. The number of nitrogens with zero attached hydrogens (tertiary/aromatic N) is 7. The summed E-state index contributed by atoms with van der Waals surface area (Å²) in [6.07, 6.45) is 3.57. The molecular formula is C18H26F6N7OP. The predicted molar refractivity (Wildman–Crippen MR) is 117 cm³/mol. The van der Waals surface area contributed by atoms with Crippen molar-refractivity contribution in [1.29, 1.82) is 0 Å². The Bertz CT molecular complexity index is 1060. The van der Waals surface area contributed by atoms with E-state index in [4.69, 9.17) is 4.84 Å². The number of rotatable bonds is 2. The summed E-state index contributed by atoms with van der Waals surface area (Å²) in [4.78, 5) is 14.9. The minimum absolute atomic E-state index is 0.681. The summed E-state index contributed by atoms with van der Waals surface area (Å²) in [6, 6.07) is 12.3. The van der Waals surface area contributed by atoms with Gasteiger partial charge in [0.2, 0.25) is 0 Å². The monoisotopic (exact) mass is 501 g/mol. The molecule has 0 aliphatic carbocycles. The average molecular weight is 501 g/mol. The van der Waals surface area contributed by atoms with Gasteiger partial charge in [0.15, 0.2) is 0 Å². The Morgan fingerprint density at radius 3 is 1.85 bits per heavy atom. The van der Waals surface area contributed by atoms with Crippen molar-refractivity contribution in [3.05, 3.63) is 48.8 Å². The van der Waals surface area contributed by atoms with E-state index in [1.54, 1.807) is 12.4 Å². The molecule has 0 unspecified atom stereocenters. The van der Waals surface area contributed by atoms with Crippen LogP contribution in [-0.2, 0) is 0 Å². The second kappa shape index (κ2) is 9.77. The van der Waals surface area contributed by atoms with E-state index in [1.165, 1.54) is 10.5 Å². The molecule has 0 amide bonds. The summed E-state index contributed by atoms with van der Waals surface area (Å²) in [5.41, 5.74) is 2.84. The molecular weight excluding hydrogens is 475 g/mol. The van der Waals surface area contributed by atoms with Crippen molar-refractivity contribution >= 4 is 30.6 Å². The maximum absolute atomic E-state index is 10.7. The van der Waals surface area contributed by atoms with E-state index < -0.39 is 7.81 Å². The van der Waals surface area contributed by atoms with Gasteiger partial charge in [-0.15, -0.1) is 5.10 Å². The first-order chi connectivity index (χ1) is 14.8. The Hall–Kier alpha value is -3.15. The molecule has 8 nitrogen and oxygen atoms in total. The topological polar surface area (TPSA) is 62.3 Å². The van der Waals surface area contributed by atoms with E-state index in [0.29, 0.717) is 6.02 Å². The number of pyridine rings is 1. The number of aromatic nitrogens is 4. The van der Waals surface area contributed by atoms with Gasteiger partial charge in [-0.3, -0.25) is 9.82 Å². The molecule has 0 aliphatic heterocycles. The van der Waals surface area contributed by atoms with Crippen LogP contribution in [0.1, 0.15) is 0 Å². The summed E-state index contributed by atoms with van der Waals surface area (Å²) >= 11 is 0. The Kier molecular flexibility index (Phi) is 8.26. The van der Waals surface area contributed by atoms with Crippen LogP contribution >= 0.6 is 7.81 Å². The number of amidine groups is 1. The van der Waals surface area contributed by atoms with Gasteiger partial charge >= 0.3 is 39.0 Å². The normalized spacial score (nSPS) is 12.7. The molecule has 0 atom stereocenters. The van der Waals surface area contributed by atoms with E-state index in [0.717, 1.165) is 11.0 Å². The molecule has 2 heterocycles. The zero-order valence-electron chi connectivity index (χ0n) is 18.9. The van der Waals surface area contributed by atoms with Gasteiger partial charge in [0.1, 0.15) is 11.0 Å². The van der Waals surface area contributed by atoms with Gasteiger partial charge in [-0.05, 0) is 29.5 Å². The molecule has 0 bridgehead atoms. The third-order valence-corrected chi connectivity index (χ3v) is 3.43. The second-order valence-corrected chi connectivity index (χ2v) is 9.09. The summed E-state index contributed by atoms with van der Waals surface area (Å²) in [7, 11) is 1.01. The SMILES string of the molecule is CN(C)C(On1nnc2ccccc21)=[N+](C)C.CN(C)c1ccncc1.F[P-](F)(F)(F)(F)F. The van der Waals surface area contributed by atoms with Gasteiger partial charge in [0.25, 0.3) is 0 Å². The fourth-order valence-corrected chi connectivity index (χ4v) is 2.20. The van der Waals surface area contributed by atoms with Crippen LogP contribution < -0.4 is 9.74 Å². The minimum atomic E-state index is -10.7. The molecule has 2 aromatic heterocycles. The summed E-state index contributed by atoms with van der Waals surface area (Å²) in [5.74, 6) is 0. The predicted octanol–water partition coefficient (Wildman–Crippen LogP) is 4.58. The molecule has 3 aromatic rings. The van der Waals surface area contributed by atoms with E-state index in [9.17, 15) is 25.2 Å². The Balaban J connectivity index is 0.000000286. The summed E-state index contributed by atoms with van der Waals surface area (Å²) < 4.78 is 61.1. The van der Waals surface area contributed by atoms with Crippen LogP contribution in [-0.4, -0.2) is 77.9 Å². The number of benzene rings is 1. The van der Waals surface area contributed by atoms with E-state index in [1.807, 2.05) is 93.1 Å². The molecule has 0 N–H and O–H groups in total.